The Balaban J connectivity index is 2.19. The first-order chi connectivity index (χ1) is 11.0. The molecule has 0 spiro atoms. The number of amides is 1. The van der Waals surface area contributed by atoms with Crippen molar-refractivity contribution in [3.05, 3.63) is 63.3 Å². The number of carbonyl (C=O) groups excluding carboxylic acids is 2. The van der Waals surface area contributed by atoms with Crippen LogP contribution in [0.15, 0.2) is 47.1 Å². The summed E-state index contributed by atoms with van der Waals surface area (Å²) in [5.74, 6) is -0.986. The maximum absolute atomic E-state index is 12.2. The minimum absolute atomic E-state index is 0.228. The molecule has 120 valence electrons. The second-order valence-corrected chi connectivity index (χ2v) is 5.99. The molecule has 0 fully saturated rings. The van der Waals surface area contributed by atoms with E-state index in [2.05, 4.69) is 26.2 Å². The summed E-state index contributed by atoms with van der Waals surface area (Å²) in [5, 5.41) is 3.18. The van der Waals surface area contributed by atoms with Crippen LogP contribution < -0.4 is 5.32 Å². The summed E-state index contributed by atoms with van der Waals surface area (Å²) in [5.41, 5.74) is 1.01. The van der Waals surface area contributed by atoms with Crippen LogP contribution in [-0.2, 0) is 16.0 Å². The van der Waals surface area contributed by atoms with E-state index in [1.807, 2.05) is 0 Å². The molecule has 23 heavy (non-hydrogen) atoms. The van der Waals surface area contributed by atoms with Gasteiger partial charge in [0.15, 0.2) is 0 Å². The third-order valence-electron chi connectivity index (χ3n) is 3.12. The van der Waals surface area contributed by atoms with Crippen LogP contribution in [0, 0.1) is 0 Å². The van der Waals surface area contributed by atoms with Gasteiger partial charge < -0.3 is 10.1 Å². The summed E-state index contributed by atoms with van der Waals surface area (Å²) < 4.78 is 5.56. The van der Waals surface area contributed by atoms with Gasteiger partial charge in [0.1, 0.15) is 11.7 Å². The van der Waals surface area contributed by atoms with Crippen LogP contribution in [0.4, 0.5) is 0 Å². The van der Waals surface area contributed by atoms with Gasteiger partial charge in [0, 0.05) is 22.1 Å². The van der Waals surface area contributed by atoms with Gasteiger partial charge in [-0.2, -0.15) is 0 Å². The first kappa shape index (κ1) is 17.4. The average Bonchev–Trinajstić information content (AvgIpc) is 2.57. The molecule has 7 heteroatoms. The van der Waals surface area contributed by atoms with Crippen LogP contribution in [0.1, 0.15) is 16.1 Å². The number of hydrogen-bond donors (Lipinski definition) is 1. The summed E-state index contributed by atoms with van der Waals surface area (Å²) in [6.07, 6.45) is 1.75. The minimum Gasteiger partial charge on any atom is -0.467 e. The highest BCUT2D eigenvalue weighted by Gasteiger charge is 2.24. The number of esters is 1. The van der Waals surface area contributed by atoms with Gasteiger partial charge in [-0.25, -0.2) is 4.79 Å². The SMILES string of the molecule is COC(=O)[C@H](Cc1cc(Cl)ccc1Br)NC(=O)c1ccccn1. The molecule has 0 aliphatic rings. The Morgan fingerprint density at radius 1 is 1.35 bits per heavy atom. The summed E-state index contributed by atoms with van der Waals surface area (Å²) in [4.78, 5) is 28.1. The molecule has 0 aliphatic heterocycles. The Kier molecular flexibility index (Phi) is 6.12. The molecule has 5 nitrogen and oxygen atoms in total. The molecule has 1 heterocycles. The largest absolute Gasteiger partial charge is 0.467 e. The molecule has 1 aromatic carbocycles. The van der Waals surface area contributed by atoms with Crippen LogP contribution in [0.5, 0.6) is 0 Å². The van der Waals surface area contributed by atoms with Crippen molar-refractivity contribution < 1.29 is 14.3 Å². The highest BCUT2D eigenvalue weighted by atomic mass is 79.9. The van der Waals surface area contributed by atoms with E-state index >= 15 is 0 Å². The maximum Gasteiger partial charge on any atom is 0.328 e. The summed E-state index contributed by atoms with van der Waals surface area (Å²) in [6, 6.07) is 9.37. The van der Waals surface area contributed by atoms with Gasteiger partial charge >= 0.3 is 5.97 Å². The first-order valence-corrected chi connectivity index (χ1v) is 7.92. The van der Waals surface area contributed by atoms with Crippen LogP contribution in [0.25, 0.3) is 0 Å². The van der Waals surface area contributed by atoms with E-state index in [0.29, 0.717) is 5.02 Å². The van der Waals surface area contributed by atoms with E-state index in [0.717, 1.165) is 10.0 Å². The molecule has 1 aromatic heterocycles. The fourth-order valence-corrected chi connectivity index (χ4v) is 2.59. The van der Waals surface area contributed by atoms with E-state index < -0.39 is 17.9 Å². The van der Waals surface area contributed by atoms with Crippen LogP contribution in [-0.4, -0.2) is 30.0 Å². The minimum atomic E-state index is -0.843. The van der Waals surface area contributed by atoms with Gasteiger partial charge in [-0.05, 0) is 35.9 Å². The Morgan fingerprint density at radius 3 is 2.78 bits per heavy atom. The van der Waals surface area contributed by atoms with Crippen molar-refractivity contribution >= 4 is 39.4 Å². The topological polar surface area (TPSA) is 68.3 Å². The van der Waals surface area contributed by atoms with Crippen molar-refractivity contribution in [3.8, 4) is 0 Å². The lowest BCUT2D eigenvalue weighted by Gasteiger charge is -2.17. The molecular weight excluding hydrogens is 384 g/mol. The maximum atomic E-state index is 12.2. The summed E-state index contributed by atoms with van der Waals surface area (Å²) in [6.45, 7) is 0. The second-order valence-electron chi connectivity index (χ2n) is 4.70. The van der Waals surface area contributed by atoms with Gasteiger partial charge in [-0.15, -0.1) is 0 Å². The molecule has 0 unspecified atom stereocenters. The highest BCUT2D eigenvalue weighted by Crippen LogP contribution is 2.22. The van der Waals surface area contributed by atoms with E-state index in [4.69, 9.17) is 16.3 Å². The molecule has 1 atom stereocenters. The Morgan fingerprint density at radius 2 is 2.13 bits per heavy atom. The number of benzene rings is 1. The van der Waals surface area contributed by atoms with E-state index in [9.17, 15) is 9.59 Å². The number of nitrogens with zero attached hydrogens (tertiary/aromatic N) is 1. The second kappa shape index (κ2) is 8.08. The quantitative estimate of drug-likeness (QED) is 0.788. The monoisotopic (exact) mass is 396 g/mol. The zero-order valence-corrected chi connectivity index (χ0v) is 14.6. The van der Waals surface area contributed by atoms with Crippen LogP contribution in [0.3, 0.4) is 0 Å². The van der Waals surface area contributed by atoms with Gasteiger partial charge in [-0.1, -0.05) is 33.6 Å². The van der Waals surface area contributed by atoms with Crippen molar-refractivity contribution in [2.45, 2.75) is 12.5 Å². The number of rotatable bonds is 5. The molecule has 0 radical (unpaired) electrons. The van der Waals surface area contributed by atoms with Gasteiger partial charge in [0.25, 0.3) is 5.91 Å². The van der Waals surface area contributed by atoms with E-state index in [-0.39, 0.29) is 12.1 Å². The van der Waals surface area contributed by atoms with Crippen molar-refractivity contribution in [2.24, 2.45) is 0 Å². The number of nitrogens with one attached hydrogen (secondary N) is 1. The standard InChI is InChI=1S/C16H14BrClN2O3/c1-23-16(22)14(9-10-8-11(18)5-6-12(10)17)20-15(21)13-4-2-3-7-19-13/h2-8,14H,9H2,1H3,(H,20,21)/t14-/m0/s1. The number of ether oxygens (including phenoxy) is 1. The van der Waals surface area contributed by atoms with Gasteiger partial charge in [0.05, 0.1) is 7.11 Å². The molecule has 2 aromatic rings. The number of halogens is 2. The third-order valence-corrected chi connectivity index (χ3v) is 4.13. The fourth-order valence-electron chi connectivity index (χ4n) is 1.98. The predicted octanol–water partition coefficient (Wildman–Crippen LogP) is 3.01. The van der Waals surface area contributed by atoms with Crippen molar-refractivity contribution in [1.82, 2.24) is 10.3 Å². The van der Waals surface area contributed by atoms with Gasteiger partial charge in [0.2, 0.25) is 0 Å². The molecule has 1 N–H and O–H groups in total. The van der Waals surface area contributed by atoms with Crippen LogP contribution >= 0.6 is 27.5 Å². The smallest absolute Gasteiger partial charge is 0.328 e. The van der Waals surface area contributed by atoms with Crippen LogP contribution in [0.2, 0.25) is 5.02 Å². The molecule has 0 bridgehead atoms. The van der Waals surface area contributed by atoms with E-state index in [1.165, 1.54) is 13.3 Å². The number of carbonyl (C=O) groups is 2. The normalized spacial score (nSPS) is 11.6. The average molecular weight is 398 g/mol. The Bertz CT molecular complexity index is 710. The predicted molar refractivity (Wildman–Crippen MR) is 90.4 cm³/mol. The number of methoxy groups -OCH3 is 1. The fraction of sp³-hybridized carbons (Fsp3) is 0.188. The molecular formula is C16H14BrClN2O3. The Labute approximate surface area is 147 Å². The lowest BCUT2D eigenvalue weighted by molar-refractivity contribution is -0.142. The summed E-state index contributed by atoms with van der Waals surface area (Å²) >= 11 is 9.39. The molecule has 0 aliphatic carbocycles. The molecule has 1 amide bonds. The highest BCUT2D eigenvalue weighted by molar-refractivity contribution is 9.10. The lowest BCUT2D eigenvalue weighted by atomic mass is 10.1. The molecule has 0 saturated carbocycles. The number of aromatic nitrogens is 1. The lowest BCUT2D eigenvalue weighted by Crippen LogP contribution is -2.43. The summed E-state index contributed by atoms with van der Waals surface area (Å²) in [7, 11) is 1.27. The van der Waals surface area contributed by atoms with Crippen molar-refractivity contribution in [2.75, 3.05) is 7.11 Å². The first-order valence-electron chi connectivity index (χ1n) is 6.75. The van der Waals surface area contributed by atoms with Crippen molar-refractivity contribution in [3.63, 3.8) is 0 Å². The van der Waals surface area contributed by atoms with E-state index in [1.54, 1.807) is 36.4 Å². The zero-order valence-electron chi connectivity index (χ0n) is 12.3. The number of hydrogen-bond acceptors (Lipinski definition) is 4. The zero-order chi connectivity index (χ0) is 16.8. The van der Waals surface area contributed by atoms with Crippen molar-refractivity contribution in [1.29, 1.82) is 0 Å². The Hall–Kier alpha value is -1.92. The molecule has 2 rings (SSSR count). The number of pyridine rings is 1. The molecule has 0 saturated heterocycles. The third kappa shape index (κ3) is 4.77. The van der Waals surface area contributed by atoms with Gasteiger partial charge in [-0.3, -0.25) is 9.78 Å².